The van der Waals surface area contributed by atoms with Crippen LogP contribution in [-0.2, 0) is 0 Å². The number of hydrogen-bond acceptors (Lipinski definition) is 3. The summed E-state index contributed by atoms with van der Waals surface area (Å²) in [5.74, 6) is -0.165. The monoisotopic (exact) mass is 302 g/mol. The zero-order chi connectivity index (χ0) is 15.4. The Hall–Kier alpha value is -2.33. The number of aromatic nitrogens is 1. The number of hydrogen-bond donors (Lipinski definition) is 1. The Kier molecular flexibility index (Phi) is 4.60. The van der Waals surface area contributed by atoms with Crippen molar-refractivity contribution in [1.82, 2.24) is 9.88 Å². The lowest BCUT2D eigenvalue weighted by Crippen LogP contribution is -2.12. The predicted octanol–water partition coefficient (Wildman–Crippen LogP) is 2.79. The molecule has 0 radical (unpaired) electrons. The molecule has 2 rings (SSSR count). The van der Waals surface area contributed by atoms with Crippen LogP contribution in [0.15, 0.2) is 47.4 Å². The number of pyridine rings is 1. The molecule has 4 nitrogen and oxygen atoms in total. The number of carbonyl (C=O) groups is 1. The van der Waals surface area contributed by atoms with Crippen LogP contribution in [0.3, 0.4) is 0 Å². The molecule has 0 aliphatic rings. The second kappa shape index (κ2) is 6.41. The Morgan fingerprint density at radius 1 is 1.14 bits per heavy atom. The van der Waals surface area contributed by atoms with Crippen molar-refractivity contribution in [1.29, 1.82) is 0 Å². The Morgan fingerprint density at radius 2 is 1.81 bits per heavy atom. The maximum atomic E-state index is 12.5. The molecule has 108 valence electrons. The van der Waals surface area contributed by atoms with Gasteiger partial charge in [-0.1, -0.05) is 11.6 Å². The summed E-state index contributed by atoms with van der Waals surface area (Å²) in [5, 5.41) is 0.570. The number of aromatic amines is 1. The smallest absolute Gasteiger partial charge is 0.248 e. The fourth-order valence-electron chi connectivity index (χ4n) is 1.80. The lowest BCUT2D eigenvalue weighted by atomic mass is 10.0. The summed E-state index contributed by atoms with van der Waals surface area (Å²) in [6.07, 6.45) is 3.47. The number of ketones is 1. The van der Waals surface area contributed by atoms with E-state index in [-0.39, 0.29) is 11.3 Å². The molecular weight excluding hydrogens is 288 g/mol. The molecule has 1 aromatic carbocycles. The molecule has 21 heavy (non-hydrogen) atoms. The van der Waals surface area contributed by atoms with Gasteiger partial charge in [0.2, 0.25) is 5.56 Å². The minimum atomic E-state index is -0.249. The molecule has 1 N–H and O–H groups in total. The van der Waals surface area contributed by atoms with Crippen molar-refractivity contribution in [3.05, 3.63) is 74.8 Å². The average Bonchev–Trinajstić information content (AvgIpc) is 2.45. The molecular formula is C16H15ClN2O2. The van der Waals surface area contributed by atoms with Gasteiger partial charge in [-0.2, -0.15) is 0 Å². The van der Waals surface area contributed by atoms with Gasteiger partial charge in [-0.25, -0.2) is 0 Å². The first-order chi connectivity index (χ1) is 9.97. The fourth-order valence-corrected chi connectivity index (χ4v) is 1.93. The van der Waals surface area contributed by atoms with Crippen LogP contribution in [0, 0.1) is 0 Å². The number of carbonyl (C=O) groups excluding carboxylic acids is 1. The van der Waals surface area contributed by atoms with E-state index in [9.17, 15) is 9.59 Å². The van der Waals surface area contributed by atoms with E-state index in [0.717, 1.165) is 0 Å². The first-order valence-electron chi connectivity index (χ1n) is 6.35. The number of nitrogens with one attached hydrogen (secondary N) is 1. The molecule has 5 heteroatoms. The molecule has 0 fully saturated rings. The van der Waals surface area contributed by atoms with Crippen molar-refractivity contribution in [2.45, 2.75) is 0 Å². The van der Waals surface area contributed by atoms with E-state index < -0.39 is 0 Å². The van der Waals surface area contributed by atoms with Crippen molar-refractivity contribution in [2.75, 3.05) is 14.1 Å². The van der Waals surface area contributed by atoms with Crippen molar-refractivity contribution in [3.8, 4) is 0 Å². The van der Waals surface area contributed by atoms with E-state index in [1.807, 2.05) is 19.0 Å². The third-order valence-corrected chi connectivity index (χ3v) is 3.09. The van der Waals surface area contributed by atoms with Gasteiger partial charge >= 0.3 is 0 Å². The van der Waals surface area contributed by atoms with Gasteiger partial charge in [-0.3, -0.25) is 9.59 Å². The maximum Gasteiger partial charge on any atom is 0.248 e. The Morgan fingerprint density at radius 3 is 2.43 bits per heavy atom. The number of H-pyrrole nitrogens is 1. The Balaban J connectivity index is 2.45. The third kappa shape index (κ3) is 3.83. The summed E-state index contributed by atoms with van der Waals surface area (Å²) >= 11 is 5.82. The molecule has 2 aromatic rings. The van der Waals surface area contributed by atoms with Gasteiger partial charge in [0.1, 0.15) is 0 Å². The molecule has 0 spiro atoms. The van der Waals surface area contributed by atoms with E-state index in [1.54, 1.807) is 36.5 Å². The SMILES string of the molecule is CN(C)/C=C/c1[nH]c(=O)ccc1C(=O)c1ccc(Cl)cc1. The maximum absolute atomic E-state index is 12.5. The van der Waals surface area contributed by atoms with E-state index in [2.05, 4.69) is 4.98 Å². The quantitative estimate of drug-likeness (QED) is 0.884. The van der Waals surface area contributed by atoms with Crippen LogP contribution in [0.1, 0.15) is 21.6 Å². The number of rotatable bonds is 4. The summed E-state index contributed by atoms with van der Waals surface area (Å²) < 4.78 is 0. The number of halogens is 1. The second-order valence-corrected chi connectivity index (χ2v) is 5.20. The molecule has 0 bridgehead atoms. The van der Waals surface area contributed by atoms with Crippen molar-refractivity contribution < 1.29 is 4.79 Å². The standard InChI is InChI=1S/C16H15ClN2O2/c1-19(2)10-9-14-13(7-8-15(20)18-14)16(21)11-3-5-12(17)6-4-11/h3-10H,1-2H3,(H,18,20)/b10-9+. The first-order valence-corrected chi connectivity index (χ1v) is 6.73. The minimum Gasteiger partial charge on any atom is -0.383 e. The summed E-state index contributed by atoms with van der Waals surface area (Å²) in [5.41, 5.74) is 1.19. The van der Waals surface area contributed by atoms with Gasteiger partial charge in [-0.15, -0.1) is 0 Å². The summed E-state index contributed by atoms with van der Waals surface area (Å²) in [6.45, 7) is 0. The van der Waals surface area contributed by atoms with E-state index >= 15 is 0 Å². The molecule has 0 aliphatic carbocycles. The van der Waals surface area contributed by atoms with E-state index in [0.29, 0.717) is 21.8 Å². The summed E-state index contributed by atoms with van der Waals surface area (Å²) in [4.78, 5) is 28.5. The van der Waals surface area contributed by atoms with Crippen molar-refractivity contribution >= 4 is 23.5 Å². The predicted molar refractivity (Wildman–Crippen MR) is 84.7 cm³/mol. The van der Waals surface area contributed by atoms with Gasteiger partial charge in [-0.05, 0) is 36.4 Å². The number of benzene rings is 1. The largest absolute Gasteiger partial charge is 0.383 e. The second-order valence-electron chi connectivity index (χ2n) is 4.77. The highest BCUT2D eigenvalue weighted by Gasteiger charge is 2.13. The zero-order valence-corrected chi connectivity index (χ0v) is 12.5. The molecule has 0 saturated carbocycles. The lowest BCUT2D eigenvalue weighted by molar-refractivity contribution is 0.103. The lowest BCUT2D eigenvalue weighted by Gasteiger charge is -2.07. The van der Waals surface area contributed by atoms with E-state index in [4.69, 9.17) is 11.6 Å². The molecule has 0 atom stereocenters. The molecule has 1 aromatic heterocycles. The minimum absolute atomic E-state index is 0.165. The van der Waals surface area contributed by atoms with E-state index in [1.165, 1.54) is 12.1 Å². The van der Waals surface area contributed by atoms with Crippen LogP contribution < -0.4 is 5.56 Å². The third-order valence-electron chi connectivity index (χ3n) is 2.84. The fraction of sp³-hybridized carbons (Fsp3) is 0.125. The Labute approximate surface area is 127 Å². The normalized spacial score (nSPS) is 10.8. The van der Waals surface area contributed by atoms with Crippen LogP contribution >= 0.6 is 11.6 Å². The summed E-state index contributed by atoms with van der Waals surface area (Å²) in [7, 11) is 3.72. The molecule has 0 saturated heterocycles. The van der Waals surface area contributed by atoms with Crippen LogP contribution in [0.4, 0.5) is 0 Å². The average molecular weight is 303 g/mol. The topological polar surface area (TPSA) is 53.2 Å². The van der Waals surface area contributed by atoms with Gasteiger partial charge in [0, 0.05) is 42.5 Å². The zero-order valence-electron chi connectivity index (χ0n) is 11.8. The van der Waals surface area contributed by atoms with Crippen LogP contribution in [0.25, 0.3) is 6.08 Å². The highest BCUT2D eigenvalue weighted by atomic mass is 35.5. The van der Waals surface area contributed by atoms with Gasteiger partial charge < -0.3 is 9.88 Å². The molecule has 1 heterocycles. The van der Waals surface area contributed by atoms with Crippen LogP contribution in [0.2, 0.25) is 5.02 Å². The van der Waals surface area contributed by atoms with Crippen molar-refractivity contribution in [3.63, 3.8) is 0 Å². The Bertz CT molecular complexity index is 731. The molecule has 0 aliphatic heterocycles. The summed E-state index contributed by atoms with van der Waals surface area (Å²) in [6, 6.07) is 9.53. The van der Waals surface area contributed by atoms with Crippen LogP contribution in [0.5, 0.6) is 0 Å². The molecule has 0 unspecified atom stereocenters. The highest BCUT2D eigenvalue weighted by Crippen LogP contribution is 2.16. The van der Waals surface area contributed by atoms with Gasteiger partial charge in [0.25, 0.3) is 0 Å². The number of nitrogens with zero attached hydrogens (tertiary/aromatic N) is 1. The van der Waals surface area contributed by atoms with Crippen molar-refractivity contribution in [2.24, 2.45) is 0 Å². The highest BCUT2D eigenvalue weighted by molar-refractivity contribution is 6.30. The first kappa shape index (κ1) is 15.1. The molecule has 0 amide bonds. The van der Waals surface area contributed by atoms with Crippen LogP contribution in [-0.4, -0.2) is 29.8 Å². The van der Waals surface area contributed by atoms with Gasteiger partial charge in [0.05, 0.1) is 5.69 Å². The van der Waals surface area contributed by atoms with Gasteiger partial charge in [0.15, 0.2) is 5.78 Å².